The second-order valence-electron chi connectivity index (χ2n) is 9.88. The predicted octanol–water partition coefficient (Wildman–Crippen LogP) is 6.26. The number of nitrogens with zero attached hydrogens (tertiary/aromatic N) is 5. The molecule has 6 aromatic rings. The van der Waals surface area contributed by atoms with Crippen molar-refractivity contribution in [2.45, 2.75) is 39.8 Å². The molecule has 0 saturated carbocycles. The Bertz CT molecular complexity index is 1940. The maximum Gasteiger partial charge on any atom is 0.263 e. The van der Waals surface area contributed by atoms with E-state index in [-0.39, 0.29) is 29.3 Å². The lowest BCUT2D eigenvalue weighted by Gasteiger charge is -2.12. The van der Waals surface area contributed by atoms with Crippen molar-refractivity contribution in [1.29, 1.82) is 0 Å². The molecule has 0 saturated heterocycles. The second-order valence-corrected chi connectivity index (χ2v) is 10.9. The third-order valence-corrected chi connectivity index (χ3v) is 8.25. The Morgan fingerprint density at radius 2 is 1.77 bits per heavy atom. The monoisotopic (exact) mass is 554 g/mol. The van der Waals surface area contributed by atoms with Crippen LogP contribution >= 0.6 is 11.3 Å². The van der Waals surface area contributed by atoms with Gasteiger partial charge in [0, 0.05) is 16.8 Å². The molecule has 4 heterocycles. The first-order chi connectivity index (χ1) is 19.2. The molecule has 10 heteroatoms. The minimum atomic E-state index is -0.494. The standard InChI is InChI=1S/C30H27FN6O2S/c1-16(2)39-23-12-10-20(14-22(23)31)26-25-28(32)33-15-34-29(25)37(35-26)18(4)27-17(3)36-24(40-27)13-11-21(30(36)38)19-8-6-5-7-9-19/h5-16,18H,1-4H3,(H2,32,33,34). The topological polar surface area (TPSA) is 100 Å². The van der Waals surface area contributed by atoms with Crippen LogP contribution in [0, 0.1) is 12.7 Å². The lowest BCUT2D eigenvalue weighted by molar-refractivity contribution is 0.231. The summed E-state index contributed by atoms with van der Waals surface area (Å²) in [6, 6.07) is 17.9. The van der Waals surface area contributed by atoms with Crippen molar-refractivity contribution < 1.29 is 9.13 Å². The zero-order valence-corrected chi connectivity index (χ0v) is 23.2. The van der Waals surface area contributed by atoms with Crippen molar-refractivity contribution in [3.8, 4) is 28.1 Å². The van der Waals surface area contributed by atoms with Crippen molar-refractivity contribution in [1.82, 2.24) is 24.1 Å². The molecule has 0 bridgehead atoms. The average Bonchev–Trinajstić information content (AvgIpc) is 3.49. The number of halogens is 1. The van der Waals surface area contributed by atoms with Gasteiger partial charge in [0.1, 0.15) is 22.7 Å². The molecule has 4 aromatic heterocycles. The number of benzene rings is 2. The highest BCUT2D eigenvalue weighted by molar-refractivity contribution is 7.17. The maximum atomic E-state index is 14.9. The number of nitrogen functional groups attached to an aromatic ring is 1. The first-order valence-corrected chi connectivity index (χ1v) is 13.7. The van der Waals surface area contributed by atoms with Crippen LogP contribution < -0.4 is 16.0 Å². The summed E-state index contributed by atoms with van der Waals surface area (Å²) >= 11 is 1.52. The Kier molecular flexibility index (Phi) is 6.34. The average molecular weight is 555 g/mol. The fourth-order valence-corrected chi connectivity index (χ4v) is 6.20. The molecule has 2 aromatic carbocycles. The van der Waals surface area contributed by atoms with Crippen LogP contribution in [-0.4, -0.2) is 30.3 Å². The number of rotatable bonds is 6. The number of nitrogens with two attached hydrogens (primary N) is 1. The lowest BCUT2D eigenvalue weighted by Crippen LogP contribution is -2.16. The molecule has 40 heavy (non-hydrogen) atoms. The molecular weight excluding hydrogens is 527 g/mol. The Morgan fingerprint density at radius 1 is 1.00 bits per heavy atom. The van der Waals surface area contributed by atoms with Gasteiger partial charge in [-0.25, -0.2) is 19.0 Å². The molecule has 0 spiro atoms. The molecule has 0 amide bonds. The Hall–Kier alpha value is -4.57. The van der Waals surface area contributed by atoms with Gasteiger partial charge in [0.2, 0.25) is 0 Å². The van der Waals surface area contributed by atoms with E-state index in [0.717, 1.165) is 21.0 Å². The van der Waals surface area contributed by atoms with E-state index in [0.29, 0.717) is 27.9 Å². The van der Waals surface area contributed by atoms with Crippen molar-refractivity contribution in [2.75, 3.05) is 5.73 Å². The summed E-state index contributed by atoms with van der Waals surface area (Å²) in [5, 5.41) is 5.41. The number of anilines is 1. The van der Waals surface area contributed by atoms with Crippen LogP contribution in [0.15, 0.2) is 71.8 Å². The largest absolute Gasteiger partial charge is 0.488 e. The highest BCUT2D eigenvalue weighted by Crippen LogP contribution is 2.37. The van der Waals surface area contributed by atoms with E-state index >= 15 is 0 Å². The van der Waals surface area contributed by atoms with Crippen LogP contribution in [-0.2, 0) is 0 Å². The third-order valence-electron chi connectivity index (χ3n) is 6.87. The van der Waals surface area contributed by atoms with Crippen LogP contribution in [0.1, 0.15) is 37.4 Å². The highest BCUT2D eigenvalue weighted by atomic mass is 32.1. The van der Waals surface area contributed by atoms with Gasteiger partial charge >= 0.3 is 0 Å². The van der Waals surface area contributed by atoms with Crippen molar-refractivity contribution >= 4 is 33.0 Å². The number of fused-ring (bicyclic) bond motifs is 2. The van der Waals surface area contributed by atoms with Crippen molar-refractivity contribution in [2.24, 2.45) is 0 Å². The molecule has 0 aliphatic carbocycles. The van der Waals surface area contributed by atoms with E-state index in [4.69, 9.17) is 15.6 Å². The molecule has 1 unspecified atom stereocenters. The molecule has 6 rings (SSSR count). The van der Waals surface area contributed by atoms with Gasteiger partial charge < -0.3 is 10.5 Å². The first-order valence-electron chi connectivity index (χ1n) is 12.9. The van der Waals surface area contributed by atoms with E-state index in [1.807, 2.05) is 70.2 Å². The molecule has 0 aliphatic rings. The number of aryl methyl sites for hydroxylation is 1. The number of thiazole rings is 1. The maximum absolute atomic E-state index is 14.9. The first kappa shape index (κ1) is 25.7. The molecule has 0 radical (unpaired) electrons. The molecule has 2 N–H and O–H groups in total. The zero-order valence-electron chi connectivity index (χ0n) is 22.4. The summed E-state index contributed by atoms with van der Waals surface area (Å²) in [4.78, 5) is 24.0. The molecule has 8 nitrogen and oxygen atoms in total. The van der Waals surface area contributed by atoms with Gasteiger partial charge in [0.15, 0.2) is 17.2 Å². The van der Waals surface area contributed by atoms with Gasteiger partial charge in [-0.15, -0.1) is 11.3 Å². The predicted molar refractivity (Wildman–Crippen MR) is 156 cm³/mol. The van der Waals surface area contributed by atoms with E-state index < -0.39 is 5.82 Å². The summed E-state index contributed by atoms with van der Waals surface area (Å²) < 4.78 is 24.0. The fourth-order valence-electron chi connectivity index (χ4n) is 5.02. The summed E-state index contributed by atoms with van der Waals surface area (Å²) in [7, 11) is 0. The minimum Gasteiger partial charge on any atom is -0.488 e. The summed E-state index contributed by atoms with van der Waals surface area (Å²) in [6.07, 6.45) is 1.23. The van der Waals surface area contributed by atoms with E-state index in [9.17, 15) is 9.18 Å². The molecule has 0 aliphatic heterocycles. The highest BCUT2D eigenvalue weighted by Gasteiger charge is 2.25. The van der Waals surface area contributed by atoms with Crippen LogP contribution in [0.25, 0.3) is 38.2 Å². The summed E-state index contributed by atoms with van der Waals surface area (Å²) in [5.41, 5.74) is 10.1. The number of ether oxygens (including phenoxy) is 1. The van der Waals surface area contributed by atoms with Gasteiger partial charge in [-0.05, 0) is 63.6 Å². The Morgan fingerprint density at radius 3 is 2.50 bits per heavy atom. The third kappa shape index (κ3) is 4.21. The summed E-state index contributed by atoms with van der Waals surface area (Å²) in [5.74, 6) is -0.0780. The Balaban J connectivity index is 1.49. The number of hydrogen-bond acceptors (Lipinski definition) is 7. The second kappa shape index (κ2) is 9.87. The number of aromatic nitrogens is 5. The zero-order chi connectivity index (χ0) is 28.1. The number of pyridine rings is 1. The van der Waals surface area contributed by atoms with Crippen LogP contribution in [0.4, 0.5) is 10.2 Å². The van der Waals surface area contributed by atoms with Crippen molar-refractivity contribution in [3.05, 3.63) is 93.7 Å². The lowest BCUT2D eigenvalue weighted by atomic mass is 10.1. The van der Waals surface area contributed by atoms with Gasteiger partial charge in [0.25, 0.3) is 5.56 Å². The molecule has 1 atom stereocenters. The number of hydrogen-bond donors (Lipinski definition) is 1. The Labute approximate surface area is 233 Å². The van der Waals surface area contributed by atoms with Crippen LogP contribution in [0.2, 0.25) is 0 Å². The normalized spacial score (nSPS) is 12.4. The summed E-state index contributed by atoms with van der Waals surface area (Å²) in [6.45, 7) is 7.61. The van der Waals surface area contributed by atoms with Crippen molar-refractivity contribution in [3.63, 3.8) is 0 Å². The van der Waals surface area contributed by atoms with Gasteiger partial charge in [-0.3, -0.25) is 9.20 Å². The molecule has 0 fully saturated rings. The van der Waals surface area contributed by atoms with E-state index in [1.165, 1.54) is 23.7 Å². The van der Waals surface area contributed by atoms with Crippen LogP contribution in [0.5, 0.6) is 5.75 Å². The fraction of sp³-hybridized carbons (Fsp3) is 0.200. The SMILES string of the molecule is Cc1c(C(C)n2nc(-c3ccc(OC(C)C)c(F)c3)c3c(N)ncnc32)sc2ccc(-c3ccccc3)c(=O)n12. The van der Waals surface area contributed by atoms with E-state index in [2.05, 4.69) is 9.97 Å². The van der Waals surface area contributed by atoms with Gasteiger partial charge in [-0.1, -0.05) is 30.3 Å². The minimum absolute atomic E-state index is 0.0762. The van der Waals surface area contributed by atoms with Gasteiger partial charge in [0.05, 0.1) is 22.4 Å². The molecule has 202 valence electrons. The van der Waals surface area contributed by atoms with Gasteiger partial charge in [-0.2, -0.15) is 5.10 Å². The van der Waals surface area contributed by atoms with Crippen LogP contribution in [0.3, 0.4) is 0 Å². The van der Waals surface area contributed by atoms with E-state index in [1.54, 1.807) is 21.2 Å². The molecular formula is C30H27FN6O2S. The quantitative estimate of drug-likeness (QED) is 0.261. The smallest absolute Gasteiger partial charge is 0.263 e.